The first-order valence-electron chi connectivity index (χ1n) is 14.8. The van der Waals surface area contributed by atoms with Gasteiger partial charge in [0.15, 0.2) is 0 Å². The zero-order valence-corrected chi connectivity index (χ0v) is 25.7. The monoisotopic (exact) mass is 692 g/mol. The fraction of sp³-hybridized carbons (Fsp3) is 0.108. The number of anilines is 1. The van der Waals surface area contributed by atoms with Crippen LogP contribution in [0.3, 0.4) is 0 Å². The second-order valence-electron chi connectivity index (χ2n) is 11.0. The molecule has 7 nitrogen and oxygen atoms in total. The Morgan fingerprint density at radius 1 is 0.640 bits per heavy atom. The lowest BCUT2D eigenvalue weighted by Crippen LogP contribution is -2.31. The van der Waals surface area contributed by atoms with E-state index in [1.54, 1.807) is 24.3 Å². The van der Waals surface area contributed by atoms with Crippen molar-refractivity contribution >= 4 is 23.5 Å². The molecule has 3 N–H and O–H groups in total. The number of carbonyl (C=O) groups excluding carboxylic acids is 2. The van der Waals surface area contributed by atoms with Gasteiger partial charge in [0, 0.05) is 5.56 Å². The summed E-state index contributed by atoms with van der Waals surface area (Å²) in [5.74, 6) is -2.97. The van der Waals surface area contributed by atoms with Crippen LogP contribution in [0.25, 0.3) is 11.1 Å². The number of halogens is 6. The summed E-state index contributed by atoms with van der Waals surface area (Å²) in [5.41, 5.74) is -0.170. The van der Waals surface area contributed by atoms with Crippen molar-refractivity contribution in [3.8, 4) is 22.6 Å². The van der Waals surface area contributed by atoms with E-state index in [1.807, 2.05) is 30.3 Å². The second kappa shape index (κ2) is 14.6. The number of amides is 2. The Bertz CT molecular complexity index is 1980. The average Bonchev–Trinajstić information content (AvgIpc) is 3.08. The van der Waals surface area contributed by atoms with Gasteiger partial charge >= 0.3 is 18.3 Å². The van der Waals surface area contributed by atoms with Crippen molar-refractivity contribution < 1.29 is 50.6 Å². The van der Waals surface area contributed by atoms with Crippen LogP contribution in [0.15, 0.2) is 121 Å². The molecule has 5 rings (SSSR count). The molecule has 0 aliphatic carbocycles. The van der Waals surface area contributed by atoms with Crippen molar-refractivity contribution in [3.63, 3.8) is 0 Å². The maximum Gasteiger partial charge on any atom is 0.416 e. The molecule has 2 amide bonds. The maximum absolute atomic E-state index is 13.8. The SMILES string of the molecule is O=C(O)CC(NC(=O)c1cc(Oc2ccc(C(F)(F)F)cc2)ccc1NC(=O)c1ccc(C(F)(F)F)cc1)c1ccc(-c2ccccc2)cc1. The summed E-state index contributed by atoms with van der Waals surface area (Å²) in [5, 5.41) is 14.8. The third-order valence-electron chi connectivity index (χ3n) is 7.48. The number of carboxylic acids is 1. The van der Waals surface area contributed by atoms with Crippen LogP contribution in [0.1, 0.15) is 49.9 Å². The summed E-state index contributed by atoms with van der Waals surface area (Å²) in [6.07, 6.45) is -9.73. The van der Waals surface area contributed by atoms with E-state index in [2.05, 4.69) is 10.6 Å². The molecule has 256 valence electrons. The number of nitrogens with one attached hydrogen (secondary N) is 2. The van der Waals surface area contributed by atoms with E-state index in [-0.39, 0.29) is 28.3 Å². The minimum Gasteiger partial charge on any atom is -0.481 e. The normalized spacial score (nSPS) is 12.1. The molecule has 5 aromatic rings. The molecule has 0 radical (unpaired) electrons. The number of carbonyl (C=O) groups is 3. The Morgan fingerprint density at radius 2 is 1.18 bits per heavy atom. The van der Waals surface area contributed by atoms with Gasteiger partial charge in [-0.25, -0.2) is 0 Å². The number of benzene rings is 5. The average molecular weight is 693 g/mol. The maximum atomic E-state index is 13.8. The van der Waals surface area contributed by atoms with E-state index in [0.29, 0.717) is 5.56 Å². The van der Waals surface area contributed by atoms with Crippen molar-refractivity contribution in [1.29, 1.82) is 0 Å². The molecule has 0 aromatic heterocycles. The van der Waals surface area contributed by atoms with E-state index < -0.39 is 53.7 Å². The summed E-state index contributed by atoms with van der Waals surface area (Å²) in [7, 11) is 0. The van der Waals surface area contributed by atoms with Gasteiger partial charge in [0.05, 0.1) is 34.8 Å². The molecule has 1 unspecified atom stereocenters. The fourth-order valence-corrected chi connectivity index (χ4v) is 4.94. The van der Waals surface area contributed by atoms with E-state index in [9.17, 15) is 45.8 Å². The predicted octanol–water partition coefficient (Wildman–Crippen LogP) is 9.38. The number of ether oxygens (including phenoxy) is 1. The number of hydrogen-bond donors (Lipinski definition) is 3. The summed E-state index contributed by atoms with van der Waals surface area (Å²) in [6.45, 7) is 0. The Hall–Kier alpha value is -6.11. The van der Waals surface area contributed by atoms with Crippen LogP contribution in [-0.2, 0) is 17.1 Å². The molecule has 1 atom stereocenters. The summed E-state index contributed by atoms with van der Waals surface area (Å²) in [6, 6.07) is 26.1. The molecular formula is C37H26F6N2O5. The molecule has 0 spiro atoms. The predicted molar refractivity (Wildman–Crippen MR) is 172 cm³/mol. The van der Waals surface area contributed by atoms with Crippen molar-refractivity contribution in [2.24, 2.45) is 0 Å². The minimum absolute atomic E-state index is 0.00634. The van der Waals surface area contributed by atoms with Gasteiger partial charge < -0.3 is 20.5 Å². The smallest absolute Gasteiger partial charge is 0.416 e. The van der Waals surface area contributed by atoms with Crippen LogP contribution in [-0.4, -0.2) is 22.9 Å². The lowest BCUT2D eigenvalue weighted by Gasteiger charge is -2.20. The summed E-state index contributed by atoms with van der Waals surface area (Å²) >= 11 is 0. The molecule has 50 heavy (non-hydrogen) atoms. The Balaban J connectivity index is 1.45. The molecule has 13 heteroatoms. The molecule has 0 fully saturated rings. The molecule has 0 aliphatic heterocycles. The number of hydrogen-bond acceptors (Lipinski definition) is 4. The number of carboxylic acid groups (broad SMARTS) is 1. The Morgan fingerprint density at radius 3 is 1.74 bits per heavy atom. The van der Waals surface area contributed by atoms with Gasteiger partial charge in [0.25, 0.3) is 11.8 Å². The van der Waals surface area contributed by atoms with Crippen molar-refractivity contribution in [1.82, 2.24) is 5.32 Å². The minimum atomic E-state index is -4.63. The highest BCUT2D eigenvalue weighted by Gasteiger charge is 2.31. The Labute approximate surface area is 281 Å². The van der Waals surface area contributed by atoms with Gasteiger partial charge in [-0.3, -0.25) is 14.4 Å². The standard InChI is InChI=1S/C37H26F6N2O5/c38-36(39,40)26-12-10-25(11-13-26)34(48)44-31-19-18-29(50-28-16-14-27(15-17-28)37(41,42)43)20-30(31)35(49)45-32(21-33(46)47)24-8-6-23(7-9-24)22-4-2-1-3-5-22/h1-20,32H,21H2,(H,44,48)(H,45,49)(H,46,47). The first-order valence-corrected chi connectivity index (χ1v) is 14.8. The van der Waals surface area contributed by atoms with Gasteiger partial charge in [0.1, 0.15) is 11.5 Å². The van der Waals surface area contributed by atoms with Gasteiger partial charge in [-0.2, -0.15) is 26.3 Å². The number of alkyl halides is 6. The highest BCUT2D eigenvalue weighted by Crippen LogP contribution is 2.33. The van der Waals surface area contributed by atoms with Crippen LogP contribution in [0, 0.1) is 0 Å². The first kappa shape index (κ1) is 35.2. The fourth-order valence-electron chi connectivity index (χ4n) is 4.94. The zero-order chi connectivity index (χ0) is 36.1. The summed E-state index contributed by atoms with van der Waals surface area (Å²) < 4.78 is 83.9. The largest absolute Gasteiger partial charge is 0.481 e. The van der Waals surface area contributed by atoms with Crippen LogP contribution in [0.4, 0.5) is 32.0 Å². The molecule has 0 bridgehead atoms. The van der Waals surface area contributed by atoms with Gasteiger partial charge in [-0.1, -0.05) is 54.6 Å². The van der Waals surface area contributed by atoms with E-state index in [4.69, 9.17) is 4.74 Å². The third kappa shape index (κ3) is 8.86. The molecule has 0 saturated carbocycles. The second-order valence-corrected chi connectivity index (χ2v) is 11.0. The Kier molecular flexibility index (Phi) is 10.3. The van der Waals surface area contributed by atoms with Gasteiger partial charge in [-0.15, -0.1) is 0 Å². The van der Waals surface area contributed by atoms with Crippen LogP contribution >= 0.6 is 0 Å². The van der Waals surface area contributed by atoms with E-state index in [0.717, 1.165) is 59.7 Å². The van der Waals surface area contributed by atoms with Gasteiger partial charge in [0.2, 0.25) is 0 Å². The number of aliphatic carboxylic acids is 1. The first-order chi connectivity index (χ1) is 23.7. The highest BCUT2D eigenvalue weighted by molar-refractivity contribution is 6.09. The lowest BCUT2D eigenvalue weighted by atomic mass is 9.98. The van der Waals surface area contributed by atoms with Crippen LogP contribution in [0.5, 0.6) is 11.5 Å². The van der Waals surface area contributed by atoms with E-state index >= 15 is 0 Å². The van der Waals surface area contributed by atoms with Crippen molar-refractivity contribution in [2.75, 3.05) is 5.32 Å². The quantitative estimate of drug-likeness (QED) is 0.127. The zero-order valence-electron chi connectivity index (χ0n) is 25.7. The number of rotatable bonds is 10. The topological polar surface area (TPSA) is 105 Å². The van der Waals surface area contributed by atoms with Crippen molar-refractivity contribution in [2.45, 2.75) is 24.8 Å². The molecule has 5 aromatic carbocycles. The third-order valence-corrected chi connectivity index (χ3v) is 7.48. The highest BCUT2D eigenvalue weighted by atomic mass is 19.4. The van der Waals surface area contributed by atoms with Gasteiger partial charge in [-0.05, 0) is 83.4 Å². The van der Waals surface area contributed by atoms with E-state index in [1.165, 1.54) is 18.2 Å². The lowest BCUT2D eigenvalue weighted by molar-refractivity contribution is -0.138. The van der Waals surface area contributed by atoms with Crippen molar-refractivity contribution in [3.05, 3.63) is 149 Å². The molecule has 0 saturated heterocycles. The van der Waals surface area contributed by atoms with Crippen LogP contribution < -0.4 is 15.4 Å². The summed E-state index contributed by atoms with van der Waals surface area (Å²) in [4.78, 5) is 38.7. The van der Waals surface area contributed by atoms with Crippen LogP contribution in [0.2, 0.25) is 0 Å². The molecule has 0 aliphatic rings. The molecular weight excluding hydrogens is 666 g/mol. The molecule has 0 heterocycles.